The predicted molar refractivity (Wildman–Crippen MR) is 76.6 cm³/mol. The van der Waals surface area contributed by atoms with Crippen molar-refractivity contribution in [3.63, 3.8) is 0 Å². The largest absolute Gasteiger partial charge is 0.497 e. The molecule has 2 N–H and O–H groups in total. The molecule has 106 valence electrons. The van der Waals surface area contributed by atoms with E-state index in [1.807, 2.05) is 0 Å². The zero-order chi connectivity index (χ0) is 14.7. The van der Waals surface area contributed by atoms with Crippen LogP contribution in [0.25, 0.3) is 0 Å². The number of carboxylic acid groups (broad SMARTS) is 1. The van der Waals surface area contributed by atoms with E-state index in [0.29, 0.717) is 27.2 Å². The molecular weight excluding hydrogens is 280 g/mol. The molecule has 0 atom stereocenters. The van der Waals surface area contributed by atoms with Gasteiger partial charge in [-0.05, 0) is 19.1 Å². The standard InChI is InChI=1S/C13H14N2O4S/c1-7-11(12(16)17)15-13(20-7)14-9-5-4-8(18-2)6-10(9)19-3/h4-6H,1-3H3,(H,14,15)(H,16,17). The number of aromatic nitrogens is 1. The molecule has 6 nitrogen and oxygen atoms in total. The Morgan fingerprint density at radius 1 is 1.35 bits per heavy atom. The molecule has 2 rings (SSSR count). The number of methoxy groups -OCH3 is 2. The van der Waals surface area contributed by atoms with Crippen molar-refractivity contribution < 1.29 is 19.4 Å². The molecule has 0 amide bonds. The number of aromatic carboxylic acids is 1. The van der Waals surface area contributed by atoms with Gasteiger partial charge in [-0.25, -0.2) is 9.78 Å². The average Bonchev–Trinajstić information content (AvgIpc) is 2.80. The number of carboxylic acids is 1. The van der Waals surface area contributed by atoms with E-state index in [2.05, 4.69) is 10.3 Å². The number of aryl methyl sites for hydroxylation is 1. The zero-order valence-electron chi connectivity index (χ0n) is 11.3. The van der Waals surface area contributed by atoms with E-state index in [1.54, 1.807) is 39.3 Å². The van der Waals surface area contributed by atoms with E-state index in [1.165, 1.54) is 11.3 Å². The molecule has 1 heterocycles. The van der Waals surface area contributed by atoms with Crippen molar-refractivity contribution >= 4 is 28.1 Å². The second-order valence-corrected chi connectivity index (χ2v) is 5.12. The van der Waals surface area contributed by atoms with Gasteiger partial charge in [0.2, 0.25) is 0 Å². The Morgan fingerprint density at radius 3 is 2.65 bits per heavy atom. The Hall–Kier alpha value is -2.28. The molecule has 7 heteroatoms. The lowest BCUT2D eigenvalue weighted by atomic mass is 10.3. The van der Waals surface area contributed by atoms with Crippen LogP contribution in [0.4, 0.5) is 10.8 Å². The number of thiazole rings is 1. The molecule has 0 unspecified atom stereocenters. The number of carbonyl (C=O) groups is 1. The normalized spacial score (nSPS) is 10.2. The molecule has 0 fully saturated rings. The van der Waals surface area contributed by atoms with Crippen LogP contribution in [0.2, 0.25) is 0 Å². The minimum Gasteiger partial charge on any atom is -0.497 e. The molecule has 0 aliphatic carbocycles. The first-order valence-electron chi connectivity index (χ1n) is 5.75. The van der Waals surface area contributed by atoms with Gasteiger partial charge in [0.25, 0.3) is 0 Å². The van der Waals surface area contributed by atoms with Crippen LogP contribution in [-0.2, 0) is 0 Å². The van der Waals surface area contributed by atoms with E-state index in [-0.39, 0.29) is 5.69 Å². The molecule has 0 saturated carbocycles. The highest BCUT2D eigenvalue weighted by molar-refractivity contribution is 7.15. The van der Waals surface area contributed by atoms with Gasteiger partial charge in [0.1, 0.15) is 11.5 Å². The number of benzene rings is 1. The van der Waals surface area contributed by atoms with Gasteiger partial charge >= 0.3 is 5.97 Å². The first-order chi connectivity index (χ1) is 9.55. The third-order valence-electron chi connectivity index (χ3n) is 2.65. The van der Waals surface area contributed by atoms with Gasteiger partial charge in [-0.3, -0.25) is 0 Å². The van der Waals surface area contributed by atoms with Crippen LogP contribution in [-0.4, -0.2) is 30.3 Å². The van der Waals surface area contributed by atoms with Crippen LogP contribution >= 0.6 is 11.3 Å². The SMILES string of the molecule is COc1ccc(Nc2nc(C(=O)O)c(C)s2)c(OC)c1. The summed E-state index contributed by atoms with van der Waals surface area (Å²) >= 11 is 1.28. The average molecular weight is 294 g/mol. The second-order valence-electron chi connectivity index (χ2n) is 3.92. The third kappa shape index (κ3) is 2.83. The Kier molecular flexibility index (Phi) is 4.09. The van der Waals surface area contributed by atoms with Crippen molar-refractivity contribution in [3.8, 4) is 11.5 Å². The number of anilines is 2. The first-order valence-corrected chi connectivity index (χ1v) is 6.56. The highest BCUT2D eigenvalue weighted by Gasteiger charge is 2.15. The van der Waals surface area contributed by atoms with Crippen LogP contribution in [0.1, 0.15) is 15.4 Å². The number of ether oxygens (including phenoxy) is 2. The highest BCUT2D eigenvalue weighted by atomic mass is 32.1. The van der Waals surface area contributed by atoms with Crippen LogP contribution in [0, 0.1) is 6.92 Å². The minimum absolute atomic E-state index is 0.0602. The van der Waals surface area contributed by atoms with Crippen molar-refractivity contribution in [1.29, 1.82) is 0 Å². The second kappa shape index (κ2) is 5.79. The summed E-state index contributed by atoms with van der Waals surface area (Å²) in [6.07, 6.45) is 0. The van der Waals surface area contributed by atoms with Crippen molar-refractivity contribution in [1.82, 2.24) is 4.98 Å². The summed E-state index contributed by atoms with van der Waals surface area (Å²) < 4.78 is 10.4. The summed E-state index contributed by atoms with van der Waals surface area (Å²) in [5.74, 6) is 0.233. The van der Waals surface area contributed by atoms with Gasteiger partial charge in [-0.1, -0.05) is 0 Å². The fourth-order valence-corrected chi connectivity index (χ4v) is 2.48. The molecule has 0 aliphatic rings. The van der Waals surface area contributed by atoms with Gasteiger partial charge in [-0.15, -0.1) is 11.3 Å². The number of nitrogens with zero attached hydrogens (tertiary/aromatic N) is 1. The summed E-state index contributed by atoms with van der Waals surface area (Å²) in [5, 5.41) is 12.5. The van der Waals surface area contributed by atoms with E-state index < -0.39 is 5.97 Å². The fourth-order valence-electron chi connectivity index (χ4n) is 1.67. The van der Waals surface area contributed by atoms with Gasteiger partial charge < -0.3 is 19.9 Å². The maximum atomic E-state index is 11.0. The Bertz CT molecular complexity index is 639. The number of rotatable bonds is 5. The monoisotopic (exact) mass is 294 g/mol. The van der Waals surface area contributed by atoms with E-state index in [9.17, 15) is 4.79 Å². The van der Waals surface area contributed by atoms with E-state index in [4.69, 9.17) is 14.6 Å². The summed E-state index contributed by atoms with van der Waals surface area (Å²) in [4.78, 5) is 15.7. The predicted octanol–water partition coefficient (Wildman–Crippen LogP) is 2.91. The van der Waals surface area contributed by atoms with E-state index in [0.717, 1.165) is 0 Å². The van der Waals surface area contributed by atoms with Crippen LogP contribution in [0.5, 0.6) is 11.5 Å². The van der Waals surface area contributed by atoms with Crippen LogP contribution < -0.4 is 14.8 Å². The molecule has 0 bridgehead atoms. The maximum Gasteiger partial charge on any atom is 0.355 e. The Labute approximate surface area is 120 Å². The van der Waals surface area contributed by atoms with Crippen molar-refractivity contribution in [2.24, 2.45) is 0 Å². The molecule has 2 aromatic rings. The lowest BCUT2D eigenvalue weighted by molar-refractivity contribution is 0.0690. The summed E-state index contributed by atoms with van der Waals surface area (Å²) in [6.45, 7) is 1.72. The first kappa shape index (κ1) is 14.1. The van der Waals surface area contributed by atoms with Crippen molar-refractivity contribution in [2.75, 3.05) is 19.5 Å². The Morgan fingerprint density at radius 2 is 2.10 bits per heavy atom. The molecule has 0 saturated heterocycles. The smallest absolute Gasteiger partial charge is 0.355 e. The number of hydrogen-bond donors (Lipinski definition) is 2. The maximum absolute atomic E-state index is 11.0. The molecule has 0 radical (unpaired) electrons. The minimum atomic E-state index is -1.03. The molecular formula is C13H14N2O4S. The highest BCUT2D eigenvalue weighted by Crippen LogP contribution is 2.33. The molecule has 20 heavy (non-hydrogen) atoms. The molecule has 1 aromatic heterocycles. The zero-order valence-corrected chi connectivity index (χ0v) is 12.1. The molecule has 1 aromatic carbocycles. The summed E-state index contributed by atoms with van der Waals surface area (Å²) in [7, 11) is 3.13. The molecule has 0 aliphatic heterocycles. The van der Waals surface area contributed by atoms with Crippen molar-refractivity contribution in [2.45, 2.75) is 6.92 Å². The number of hydrogen-bond acceptors (Lipinski definition) is 6. The van der Waals surface area contributed by atoms with Crippen LogP contribution in [0.3, 0.4) is 0 Å². The molecule has 0 spiro atoms. The van der Waals surface area contributed by atoms with Crippen molar-refractivity contribution in [3.05, 3.63) is 28.8 Å². The topological polar surface area (TPSA) is 80.7 Å². The van der Waals surface area contributed by atoms with Gasteiger partial charge in [0, 0.05) is 10.9 Å². The fraction of sp³-hybridized carbons (Fsp3) is 0.231. The summed E-state index contributed by atoms with van der Waals surface area (Å²) in [5.41, 5.74) is 0.754. The Balaban J connectivity index is 2.30. The summed E-state index contributed by atoms with van der Waals surface area (Å²) in [6, 6.07) is 5.30. The van der Waals surface area contributed by atoms with Gasteiger partial charge in [0.15, 0.2) is 10.8 Å². The third-order valence-corrected chi connectivity index (χ3v) is 3.54. The lowest BCUT2D eigenvalue weighted by Crippen LogP contribution is -1.99. The van der Waals surface area contributed by atoms with Gasteiger partial charge in [0.05, 0.1) is 19.9 Å². The van der Waals surface area contributed by atoms with Crippen LogP contribution in [0.15, 0.2) is 18.2 Å². The lowest BCUT2D eigenvalue weighted by Gasteiger charge is -2.10. The van der Waals surface area contributed by atoms with Gasteiger partial charge in [-0.2, -0.15) is 0 Å². The number of nitrogens with one attached hydrogen (secondary N) is 1. The quantitative estimate of drug-likeness (QED) is 0.882. The van der Waals surface area contributed by atoms with E-state index >= 15 is 0 Å².